The highest BCUT2D eigenvalue weighted by atomic mass is 16.5. The molecule has 1 aromatic heterocycles. The molecule has 7 nitrogen and oxygen atoms in total. The van der Waals surface area contributed by atoms with Crippen molar-refractivity contribution in [2.75, 3.05) is 51.6 Å². The fraction of sp³-hybridized carbons (Fsp3) is 0.600. The number of hydrogen-bond acceptors (Lipinski definition) is 7. The Bertz CT molecular complexity index is 786. The molecule has 2 heterocycles. The SMILES string of the molecule is COc1cc2nc(N(C)C)nc(NC3CCN(C(C)C)CC3)c2cc1OC. The lowest BCUT2D eigenvalue weighted by Gasteiger charge is -2.35. The summed E-state index contributed by atoms with van der Waals surface area (Å²) >= 11 is 0. The summed E-state index contributed by atoms with van der Waals surface area (Å²) in [5.74, 6) is 2.89. The molecule has 1 saturated heterocycles. The van der Waals surface area contributed by atoms with E-state index >= 15 is 0 Å². The van der Waals surface area contributed by atoms with Crippen LogP contribution in [0.3, 0.4) is 0 Å². The van der Waals surface area contributed by atoms with Crippen molar-refractivity contribution in [1.82, 2.24) is 14.9 Å². The van der Waals surface area contributed by atoms with Gasteiger partial charge in [0.25, 0.3) is 0 Å². The lowest BCUT2D eigenvalue weighted by molar-refractivity contribution is 0.177. The molecule has 7 heteroatoms. The summed E-state index contributed by atoms with van der Waals surface area (Å²) < 4.78 is 10.9. The number of fused-ring (bicyclic) bond motifs is 1. The first-order chi connectivity index (χ1) is 12.9. The summed E-state index contributed by atoms with van der Waals surface area (Å²) in [6.45, 7) is 6.73. The van der Waals surface area contributed by atoms with Crippen LogP contribution in [-0.4, -0.2) is 68.4 Å². The summed E-state index contributed by atoms with van der Waals surface area (Å²) in [7, 11) is 7.19. The fourth-order valence-electron chi connectivity index (χ4n) is 3.51. The molecule has 0 spiro atoms. The first kappa shape index (κ1) is 19.5. The van der Waals surface area contributed by atoms with Crippen LogP contribution in [0.2, 0.25) is 0 Å². The third kappa shape index (κ3) is 4.18. The number of aromatic nitrogens is 2. The van der Waals surface area contributed by atoms with Crippen LogP contribution in [0.1, 0.15) is 26.7 Å². The molecule has 0 saturated carbocycles. The lowest BCUT2D eigenvalue weighted by atomic mass is 10.0. The van der Waals surface area contributed by atoms with Crippen molar-refractivity contribution in [3.63, 3.8) is 0 Å². The third-order valence-electron chi connectivity index (χ3n) is 5.19. The maximum atomic E-state index is 5.48. The molecule has 1 aliphatic heterocycles. The zero-order valence-corrected chi connectivity index (χ0v) is 17.2. The molecule has 0 unspecified atom stereocenters. The van der Waals surface area contributed by atoms with Gasteiger partial charge in [-0.2, -0.15) is 4.98 Å². The average Bonchev–Trinajstić information content (AvgIpc) is 2.67. The van der Waals surface area contributed by atoms with E-state index < -0.39 is 0 Å². The monoisotopic (exact) mass is 373 g/mol. The molecule has 1 aromatic carbocycles. The fourth-order valence-corrected chi connectivity index (χ4v) is 3.51. The lowest BCUT2D eigenvalue weighted by Crippen LogP contribution is -2.42. The van der Waals surface area contributed by atoms with Crippen molar-refractivity contribution < 1.29 is 9.47 Å². The number of nitrogens with zero attached hydrogens (tertiary/aromatic N) is 4. The van der Waals surface area contributed by atoms with Gasteiger partial charge in [0.15, 0.2) is 11.5 Å². The number of methoxy groups -OCH3 is 2. The van der Waals surface area contributed by atoms with E-state index in [-0.39, 0.29) is 0 Å². The minimum Gasteiger partial charge on any atom is -0.493 e. The molecule has 148 valence electrons. The second-order valence-electron chi connectivity index (χ2n) is 7.54. The molecule has 27 heavy (non-hydrogen) atoms. The van der Waals surface area contributed by atoms with Crippen LogP contribution in [0.5, 0.6) is 11.5 Å². The first-order valence-corrected chi connectivity index (χ1v) is 9.54. The van der Waals surface area contributed by atoms with Crippen LogP contribution >= 0.6 is 0 Å². The van der Waals surface area contributed by atoms with Gasteiger partial charge in [0, 0.05) is 50.7 Å². The maximum Gasteiger partial charge on any atom is 0.227 e. The Labute approximate surface area is 161 Å². The molecule has 1 fully saturated rings. The van der Waals surface area contributed by atoms with Crippen molar-refractivity contribution in [2.45, 2.75) is 38.8 Å². The van der Waals surface area contributed by atoms with Crippen LogP contribution < -0.4 is 19.7 Å². The minimum atomic E-state index is 0.404. The molecular weight excluding hydrogens is 342 g/mol. The Morgan fingerprint density at radius 3 is 2.26 bits per heavy atom. The summed E-state index contributed by atoms with van der Waals surface area (Å²) in [6.07, 6.45) is 2.21. The number of likely N-dealkylation sites (tertiary alicyclic amines) is 1. The van der Waals surface area contributed by atoms with Gasteiger partial charge in [0.2, 0.25) is 5.95 Å². The van der Waals surface area contributed by atoms with Gasteiger partial charge in [-0.1, -0.05) is 0 Å². The molecule has 3 rings (SSSR count). The Balaban J connectivity index is 1.95. The number of ether oxygens (including phenoxy) is 2. The van der Waals surface area contributed by atoms with E-state index in [0.717, 1.165) is 42.7 Å². The average molecular weight is 374 g/mol. The largest absolute Gasteiger partial charge is 0.493 e. The normalized spacial score (nSPS) is 16.0. The van der Waals surface area contributed by atoms with Crippen LogP contribution in [0.4, 0.5) is 11.8 Å². The highest BCUT2D eigenvalue weighted by Crippen LogP contribution is 2.35. The van der Waals surface area contributed by atoms with Crippen molar-refractivity contribution in [1.29, 1.82) is 0 Å². The van der Waals surface area contributed by atoms with Gasteiger partial charge in [-0.25, -0.2) is 4.98 Å². The highest BCUT2D eigenvalue weighted by Gasteiger charge is 2.22. The molecular formula is C20H31N5O2. The quantitative estimate of drug-likeness (QED) is 0.835. The number of nitrogens with one attached hydrogen (secondary N) is 1. The second kappa shape index (κ2) is 8.17. The Kier molecular flexibility index (Phi) is 5.89. The van der Waals surface area contributed by atoms with Crippen LogP contribution in [0.15, 0.2) is 12.1 Å². The molecule has 0 atom stereocenters. The third-order valence-corrected chi connectivity index (χ3v) is 5.19. The van der Waals surface area contributed by atoms with Gasteiger partial charge in [-0.15, -0.1) is 0 Å². The number of hydrogen-bond donors (Lipinski definition) is 1. The zero-order chi connectivity index (χ0) is 19.6. The van der Waals surface area contributed by atoms with Gasteiger partial charge in [-0.05, 0) is 32.8 Å². The summed E-state index contributed by atoms with van der Waals surface area (Å²) in [5.41, 5.74) is 0.841. The van der Waals surface area contributed by atoms with Gasteiger partial charge in [-0.3, -0.25) is 0 Å². The van der Waals surface area contributed by atoms with Crippen molar-refractivity contribution >= 4 is 22.7 Å². The second-order valence-corrected chi connectivity index (χ2v) is 7.54. The minimum absolute atomic E-state index is 0.404. The van der Waals surface area contributed by atoms with Crippen molar-refractivity contribution in [3.05, 3.63) is 12.1 Å². The van der Waals surface area contributed by atoms with Crippen molar-refractivity contribution in [2.24, 2.45) is 0 Å². The molecule has 1 aliphatic rings. The molecule has 0 bridgehead atoms. The Hall–Kier alpha value is -2.28. The summed E-state index contributed by atoms with van der Waals surface area (Å²) in [6, 6.07) is 4.87. The maximum absolute atomic E-state index is 5.48. The van der Waals surface area contributed by atoms with E-state index in [0.29, 0.717) is 29.5 Å². The summed E-state index contributed by atoms with van der Waals surface area (Å²) in [4.78, 5) is 13.9. The Morgan fingerprint density at radius 2 is 1.70 bits per heavy atom. The highest BCUT2D eigenvalue weighted by molar-refractivity contribution is 5.92. The molecule has 0 radical (unpaired) electrons. The standard InChI is InChI=1S/C20H31N5O2/c1-13(2)25-9-7-14(8-10-25)21-19-15-11-17(26-5)18(27-6)12-16(15)22-20(23-19)24(3)4/h11-14H,7-10H2,1-6H3,(H,21,22,23). The van der Waals surface area contributed by atoms with Gasteiger partial charge in [0.05, 0.1) is 19.7 Å². The predicted octanol–water partition coefficient (Wildman–Crippen LogP) is 3.00. The van der Waals surface area contributed by atoms with Crippen LogP contribution in [0, 0.1) is 0 Å². The van der Waals surface area contributed by atoms with Gasteiger partial charge in [0.1, 0.15) is 5.82 Å². The smallest absolute Gasteiger partial charge is 0.227 e. The molecule has 0 amide bonds. The van der Waals surface area contributed by atoms with E-state index in [1.807, 2.05) is 31.1 Å². The number of piperidine rings is 1. The van der Waals surface area contributed by atoms with Crippen LogP contribution in [0.25, 0.3) is 10.9 Å². The molecule has 2 aromatic rings. The summed E-state index contributed by atoms with van der Waals surface area (Å²) in [5, 5.41) is 4.62. The van der Waals surface area contributed by atoms with Crippen molar-refractivity contribution in [3.8, 4) is 11.5 Å². The van der Waals surface area contributed by atoms with E-state index in [2.05, 4.69) is 29.0 Å². The molecule has 1 N–H and O–H groups in total. The predicted molar refractivity (Wildman–Crippen MR) is 110 cm³/mol. The Morgan fingerprint density at radius 1 is 1.07 bits per heavy atom. The van der Waals surface area contributed by atoms with E-state index in [1.54, 1.807) is 14.2 Å². The van der Waals surface area contributed by atoms with Gasteiger partial charge >= 0.3 is 0 Å². The first-order valence-electron chi connectivity index (χ1n) is 9.54. The number of rotatable bonds is 6. The van der Waals surface area contributed by atoms with Gasteiger partial charge < -0.3 is 24.6 Å². The number of anilines is 2. The van der Waals surface area contributed by atoms with E-state index in [1.165, 1.54) is 0 Å². The van der Waals surface area contributed by atoms with E-state index in [4.69, 9.17) is 14.5 Å². The van der Waals surface area contributed by atoms with Crippen LogP contribution in [-0.2, 0) is 0 Å². The molecule has 0 aliphatic carbocycles. The number of benzene rings is 1. The topological polar surface area (TPSA) is 62.8 Å². The zero-order valence-electron chi connectivity index (χ0n) is 17.2. The van der Waals surface area contributed by atoms with E-state index in [9.17, 15) is 0 Å².